The number of aromatic nitrogens is 1. The van der Waals surface area contributed by atoms with Crippen molar-refractivity contribution in [1.29, 1.82) is 0 Å². The zero-order valence-corrected chi connectivity index (χ0v) is 18.3. The Kier molecular flexibility index (Phi) is 9.38. The second-order valence-corrected chi connectivity index (χ2v) is 6.77. The van der Waals surface area contributed by atoms with E-state index in [0.717, 1.165) is 63.6 Å². The molecule has 6 nitrogen and oxygen atoms in total. The molecule has 3 rings (SSSR count). The van der Waals surface area contributed by atoms with Gasteiger partial charge in [0.05, 0.1) is 12.7 Å². The normalized spacial score (nSPS) is 23.6. The molecule has 1 aromatic rings. The van der Waals surface area contributed by atoms with Crippen LogP contribution in [0.5, 0.6) is 0 Å². The van der Waals surface area contributed by atoms with Crippen molar-refractivity contribution in [3.63, 3.8) is 0 Å². The summed E-state index contributed by atoms with van der Waals surface area (Å²) in [5.41, 5.74) is 1.14. The van der Waals surface area contributed by atoms with Crippen LogP contribution < -0.4 is 5.32 Å². The summed E-state index contributed by atoms with van der Waals surface area (Å²) in [5, 5.41) is 3.92. The van der Waals surface area contributed by atoms with Crippen LogP contribution in [0.1, 0.15) is 25.3 Å². The highest BCUT2D eigenvalue weighted by Crippen LogP contribution is 2.21. The van der Waals surface area contributed by atoms with Crippen LogP contribution in [0.3, 0.4) is 0 Å². The predicted octanol–water partition coefficient (Wildman–Crippen LogP) is 2.74. The summed E-state index contributed by atoms with van der Waals surface area (Å²) in [6.07, 6.45) is 5.25. The lowest BCUT2D eigenvalue weighted by atomic mass is 10.1. The maximum atomic E-state index is 5.94. The van der Waals surface area contributed by atoms with Gasteiger partial charge in [-0.15, -0.1) is 24.0 Å². The Morgan fingerprint density at radius 3 is 2.88 bits per heavy atom. The van der Waals surface area contributed by atoms with Gasteiger partial charge in [-0.05, 0) is 37.8 Å². The van der Waals surface area contributed by atoms with Gasteiger partial charge >= 0.3 is 0 Å². The van der Waals surface area contributed by atoms with Crippen LogP contribution in [0, 0.1) is 0 Å². The number of aliphatic imine (C=N–C) groups is 1. The van der Waals surface area contributed by atoms with Crippen molar-refractivity contribution in [3.05, 3.63) is 29.0 Å². The van der Waals surface area contributed by atoms with Crippen molar-refractivity contribution in [2.75, 3.05) is 39.4 Å². The quantitative estimate of drug-likeness (QED) is 0.295. The van der Waals surface area contributed by atoms with Gasteiger partial charge in [0.15, 0.2) is 5.96 Å². The fourth-order valence-corrected chi connectivity index (χ4v) is 3.37. The number of ether oxygens (including phenoxy) is 2. The number of hydrogen-bond acceptors (Lipinski definition) is 4. The number of morpholine rings is 1. The largest absolute Gasteiger partial charge is 0.375 e. The monoisotopic (exact) mass is 494 g/mol. The van der Waals surface area contributed by atoms with Crippen LogP contribution in [0.4, 0.5) is 0 Å². The van der Waals surface area contributed by atoms with E-state index in [0.29, 0.717) is 11.7 Å². The summed E-state index contributed by atoms with van der Waals surface area (Å²) < 4.78 is 11.7. The van der Waals surface area contributed by atoms with Crippen LogP contribution in [0.25, 0.3) is 0 Å². The zero-order chi connectivity index (χ0) is 17.5. The lowest BCUT2D eigenvalue weighted by Gasteiger charge is -2.37. The molecule has 0 amide bonds. The highest BCUT2D eigenvalue weighted by Gasteiger charge is 2.32. The van der Waals surface area contributed by atoms with E-state index in [1.54, 1.807) is 0 Å². The van der Waals surface area contributed by atoms with E-state index in [-0.39, 0.29) is 36.2 Å². The predicted molar refractivity (Wildman–Crippen MR) is 115 cm³/mol. The number of guanidine groups is 1. The van der Waals surface area contributed by atoms with Crippen LogP contribution in [0.15, 0.2) is 23.3 Å². The summed E-state index contributed by atoms with van der Waals surface area (Å²) in [4.78, 5) is 11.2. The Labute approximate surface area is 177 Å². The smallest absolute Gasteiger partial charge is 0.194 e. The molecule has 0 bridgehead atoms. The van der Waals surface area contributed by atoms with Gasteiger partial charge < -0.3 is 19.7 Å². The molecule has 2 unspecified atom stereocenters. The van der Waals surface area contributed by atoms with Gasteiger partial charge in [0, 0.05) is 39.0 Å². The molecular weight excluding hydrogens is 467 g/mol. The first-order valence-electron chi connectivity index (χ1n) is 9.13. The third-order valence-electron chi connectivity index (χ3n) is 4.56. The number of pyridine rings is 1. The highest BCUT2D eigenvalue weighted by molar-refractivity contribution is 14.0. The summed E-state index contributed by atoms with van der Waals surface area (Å²) in [6, 6.07) is 3.82. The van der Waals surface area contributed by atoms with Gasteiger partial charge in [-0.3, -0.25) is 4.99 Å². The van der Waals surface area contributed by atoms with E-state index < -0.39 is 0 Å². The van der Waals surface area contributed by atoms with Gasteiger partial charge in [-0.1, -0.05) is 17.7 Å². The Balaban J connectivity index is 0.00000243. The molecule has 26 heavy (non-hydrogen) atoms. The molecule has 2 aliphatic heterocycles. The van der Waals surface area contributed by atoms with Crippen molar-refractivity contribution < 1.29 is 9.47 Å². The highest BCUT2D eigenvalue weighted by atomic mass is 127. The Bertz CT molecular complexity index is 567. The molecule has 8 heteroatoms. The van der Waals surface area contributed by atoms with Gasteiger partial charge in [-0.2, -0.15) is 0 Å². The maximum Gasteiger partial charge on any atom is 0.194 e. The lowest BCUT2D eigenvalue weighted by molar-refractivity contribution is -0.0817. The molecule has 0 spiro atoms. The molecule has 2 saturated heterocycles. The van der Waals surface area contributed by atoms with Crippen molar-refractivity contribution in [3.8, 4) is 0 Å². The molecule has 0 radical (unpaired) electrons. The van der Waals surface area contributed by atoms with Gasteiger partial charge in [0.1, 0.15) is 11.3 Å². The van der Waals surface area contributed by atoms with Gasteiger partial charge in [0.2, 0.25) is 0 Å². The molecule has 2 fully saturated rings. The number of rotatable bonds is 5. The molecular formula is C18H28ClIN4O2. The molecule has 0 saturated carbocycles. The number of nitrogens with one attached hydrogen (secondary N) is 1. The van der Waals surface area contributed by atoms with E-state index in [1.165, 1.54) is 0 Å². The van der Waals surface area contributed by atoms with E-state index in [2.05, 4.69) is 22.1 Å². The Hall–Kier alpha value is -0.640. The summed E-state index contributed by atoms with van der Waals surface area (Å²) in [7, 11) is 0. The molecule has 2 atom stereocenters. The van der Waals surface area contributed by atoms with Gasteiger partial charge in [-0.25, -0.2) is 4.98 Å². The molecule has 146 valence electrons. The molecule has 2 aliphatic rings. The number of halogens is 2. The average molecular weight is 495 g/mol. The minimum atomic E-state index is 0. The summed E-state index contributed by atoms with van der Waals surface area (Å²) in [5.74, 6) is 0.954. The van der Waals surface area contributed by atoms with Crippen LogP contribution in [0.2, 0.25) is 5.15 Å². The molecule has 0 aliphatic carbocycles. The van der Waals surface area contributed by atoms with Crippen molar-refractivity contribution >= 4 is 41.5 Å². The SMILES string of the molecule is CCNC(=NCCc1ccc(Cl)nc1)N1CCOC(C2CCCO2)C1.I. The Morgan fingerprint density at radius 1 is 1.35 bits per heavy atom. The maximum absolute atomic E-state index is 5.94. The van der Waals surface area contributed by atoms with Crippen molar-refractivity contribution in [2.24, 2.45) is 4.99 Å². The topological polar surface area (TPSA) is 59.0 Å². The first kappa shape index (κ1) is 21.7. The van der Waals surface area contributed by atoms with E-state index >= 15 is 0 Å². The zero-order valence-electron chi connectivity index (χ0n) is 15.2. The average Bonchev–Trinajstić information content (AvgIpc) is 3.17. The van der Waals surface area contributed by atoms with E-state index in [9.17, 15) is 0 Å². The van der Waals surface area contributed by atoms with E-state index in [1.807, 2.05) is 18.3 Å². The van der Waals surface area contributed by atoms with E-state index in [4.69, 9.17) is 26.1 Å². The van der Waals surface area contributed by atoms with Crippen LogP contribution >= 0.6 is 35.6 Å². The minimum absolute atomic E-state index is 0. The first-order chi connectivity index (χ1) is 12.3. The van der Waals surface area contributed by atoms with Crippen molar-refractivity contribution in [1.82, 2.24) is 15.2 Å². The first-order valence-corrected chi connectivity index (χ1v) is 9.51. The number of hydrogen-bond donors (Lipinski definition) is 1. The summed E-state index contributed by atoms with van der Waals surface area (Å²) >= 11 is 5.83. The fraction of sp³-hybridized carbons (Fsp3) is 0.667. The standard InChI is InChI=1S/C18H27ClN4O2.HI/c1-2-20-18(21-8-7-14-5-6-17(19)22-12-14)23-9-11-25-16(13-23)15-4-3-10-24-15;/h5-6,12,15-16H,2-4,7-11,13H2,1H3,(H,20,21);1H. The molecule has 1 aromatic heterocycles. The second kappa shape index (κ2) is 11.3. The van der Waals surface area contributed by atoms with Crippen LogP contribution in [-0.4, -0.2) is 67.4 Å². The van der Waals surface area contributed by atoms with Crippen LogP contribution in [-0.2, 0) is 15.9 Å². The second-order valence-electron chi connectivity index (χ2n) is 6.38. The third kappa shape index (κ3) is 6.21. The number of nitrogens with zero attached hydrogens (tertiary/aromatic N) is 3. The summed E-state index contributed by atoms with van der Waals surface area (Å²) in [6.45, 7) is 6.92. The molecule has 1 N–H and O–H groups in total. The minimum Gasteiger partial charge on any atom is -0.375 e. The lowest BCUT2D eigenvalue weighted by Crippen LogP contribution is -2.53. The fourth-order valence-electron chi connectivity index (χ4n) is 3.26. The molecule has 3 heterocycles. The van der Waals surface area contributed by atoms with Crippen molar-refractivity contribution in [2.45, 2.75) is 38.4 Å². The third-order valence-corrected chi connectivity index (χ3v) is 4.78. The molecule has 0 aromatic carbocycles. The van der Waals surface area contributed by atoms with Gasteiger partial charge in [0.25, 0.3) is 0 Å². The Morgan fingerprint density at radius 2 is 2.19 bits per heavy atom.